The Labute approximate surface area is 224 Å². The number of hydrogen-bond donors (Lipinski definition) is 6. The van der Waals surface area contributed by atoms with Crippen LogP contribution in [-0.2, 0) is 26.8 Å². The molecule has 0 spiro atoms. The first-order valence-corrected chi connectivity index (χ1v) is 13.8. The summed E-state index contributed by atoms with van der Waals surface area (Å²) in [4.78, 5) is 23.0. The minimum absolute atomic E-state index is 0.0193. The number of fused-ring (bicyclic) bond motifs is 1. The maximum atomic E-state index is 14.1. The molecule has 8 N–H and O–H groups in total. The first kappa shape index (κ1) is 30.0. The molecule has 40 heavy (non-hydrogen) atoms. The molecule has 1 amide bonds. The van der Waals surface area contributed by atoms with E-state index < -0.39 is 49.5 Å². The van der Waals surface area contributed by atoms with Crippen molar-refractivity contribution in [3.63, 3.8) is 0 Å². The van der Waals surface area contributed by atoms with Crippen molar-refractivity contribution in [2.24, 2.45) is 0 Å². The molecule has 0 aliphatic heterocycles. The Kier molecular flexibility index (Phi) is 8.77. The second-order valence-electron chi connectivity index (χ2n) is 7.82. The molecular formula is C20H20F2N8O8S2. The predicted molar refractivity (Wildman–Crippen MR) is 137 cm³/mol. The van der Waals surface area contributed by atoms with Crippen LogP contribution < -0.4 is 16.8 Å². The van der Waals surface area contributed by atoms with Gasteiger partial charge in [0.15, 0.2) is 23.1 Å². The smallest absolute Gasteiger partial charge is 0.409 e. The summed E-state index contributed by atoms with van der Waals surface area (Å²) in [6, 6.07) is 7.32. The standard InChI is InChI=1S/C18H14F2N8O2.C2H6O6S2/c19-9-5-10-12(16-25-14(21)13(15(22)26-16)24-18(29)30)27-28(17(10)23-6-9)7-8-3-1-2-4-11(8)20;3-9(4,5)1-2-10(6,7)8/h1-6,24H,7H2,(H,29,30)(H4,21,22,25,26);1-2H2,(H,3,4,5)(H,6,7,8). The van der Waals surface area contributed by atoms with Gasteiger partial charge in [0.2, 0.25) is 0 Å². The van der Waals surface area contributed by atoms with Crippen LogP contribution in [0.3, 0.4) is 0 Å². The van der Waals surface area contributed by atoms with Crippen molar-refractivity contribution in [2.75, 3.05) is 28.3 Å². The molecule has 0 aliphatic carbocycles. The van der Waals surface area contributed by atoms with Gasteiger partial charge in [0.25, 0.3) is 20.2 Å². The van der Waals surface area contributed by atoms with Gasteiger partial charge >= 0.3 is 6.09 Å². The van der Waals surface area contributed by atoms with Gasteiger partial charge in [-0.05, 0) is 12.1 Å². The van der Waals surface area contributed by atoms with Crippen molar-refractivity contribution in [3.8, 4) is 11.5 Å². The summed E-state index contributed by atoms with van der Waals surface area (Å²) >= 11 is 0. The van der Waals surface area contributed by atoms with E-state index in [9.17, 15) is 30.4 Å². The van der Waals surface area contributed by atoms with E-state index in [1.54, 1.807) is 18.2 Å². The number of carbonyl (C=O) groups is 1. The van der Waals surface area contributed by atoms with Crippen molar-refractivity contribution >= 4 is 54.7 Å². The van der Waals surface area contributed by atoms with Crippen LogP contribution in [0.1, 0.15) is 5.56 Å². The van der Waals surface area contributed by atoms with Gasteiger partial charge in [-0.15, -0.1) is 0 Å². The molecule has 0 saturated carbocycles. The Balaban J connectivity index is 0.000000378. The molecule has 0 unspecified atom stereocenters. The molecule has 3 heterocycles. The number of anilines is 3. The summed E-state index contributed by atoms with van der Waals surface area (Å²) in [7, 11) is -8.59. The number of aromatic nitrogens is 5. The van der Waals surface area contributed by atoms with Crippen LogP contribution in [0.5, 0.6) is 0 Å². The normalized spacial score (nSPS) is 11.6. The highest BCUT2D eigenvalue weighted by Crippen LogP contribution is 2.30. The number of halogens is 2. The number of rotatable bonds is 7. The van der Waals surface area contributed by atoms with E-state index in [2.05, 4.69) is 20.1 Å². The van der Waals surface area contributed by atoms with E-state index in [1.165, 1.54) is 16.8 Å². The Morgan fingerprint density at radius 1 is 1.00 bits per heavy atom. The molecule has 4 rings (SSSR count). The van der Waals surface area contributed by atoms with Crippen molar-refractivity contribution in [3.05, 3.63) is 53.7 Å². The van der Waals surface area contributed by atoms with E-state index in [0.29, 0.717) is 5.56 Å². The van der Waals surface area contributed by atoms with Gasteiger partial charge in [-0.1, -0.05) is 18.2 Å². The lowest BCUT2D eigenvalue weighted by Crippen LogP contribution is -2.15. The average Bonchev–Trinajstić information content (AvgIpc) is 3.18. The SMILES string of the molecule is Nc1nc(-c2nn(Cc3ccccc3F)c3ncc(F)cc23)nc(N)c1NC(=O)O.O=S(=O)(O)CCS(=O)(=O)O. The Morgan fingerprint density at radius 2 is 1.57 bits per heavy atom. The Hall–Kier alpha value is -4.53. The van der Waals surface area contributed by atoms with Gasteiger partial charge in [0.05, 0.1) is 29.6 Å². The summed E-state index contributed by atoms with van der Waals surface area (Å²) in [5, 5.41) is 15.5. The van der Waals surface area contributed by atoms with Crippen LogP contribution >= 0.6 is 0 Å². The summed E-state index contributed by atoms with van der Waals surface area (Å²) < 4.78 is 84.7. The monoisotopic (exact) mass is 602 g/mol. The quantitative estimate of drug-likeness (QED) is 0.162. The van der Waals surface area contributed by atoms with Crippen molar-refractivity contribution in [2.45, 2.75) is 6.54 Å². The third-order valence-corrected chi connectivity index (χ3v) is 6.54. The lowest BCUT2D eigenvalue weighted by atomic mass is 10.2. The highest BCUT2D eigenvalue weighted by Gasteiger charge is 2.21. The van der Waals surface area contributed by atoms with Gasteiger partial charge in [0, 0.05) is 5.56 Å². The fourth-order valence-corrected chi connectivity index (χ4v) is 4.83. The molecule has 0 bridgehead atoms. The molecule has 3 aromatic heterocycles. The van der Waals surface area contributed by atoms with Gasteiger partial charge in [-0.3, -0.25) is 14.4 Å². The molecule has 1 aromatic carbocycles. The number of nitrogens with one attached hydrogen (secondary N) is 1. The zero-order valence-electron chi connectivity index (χ0n) is 19.9. The minimum Gasteiger partial charge on any atom is -0.465 e. The van der Waals surface area contributed by atoms with E-state index in [-0.39, 0.29) is 46.4 Å². The van der Waals surface area contributed by atoms with E-state index >= 15 is 0 Å². The highest BCUT2D eigenvalue weighted by atomic mass is 32.2. The molecule has 20 heteroatoms. The fourth-order valence-electron chi connectivity index (χ4n) is 3.15. The van der Waals surface area contributed by atoms with Crippen LogP contribution in [0.2, 0.25) is 0 Å². The molecule has 214 valence electrons. The third-order valence-electron chi connectivity index (χ3n) is 4.84. The topological polar surface area (TPSA) is 267 Å². The number of benzene rings is 1. The zero-order valence-corrected chi connectivity index (χ0v) is 21.6. The molecule has 0 atom stereocenters. The van der Waals surface area contributed by atoms with Crippen molar-refractivity contribution < 1.29 is 44.6 Å². The van der Waals surface area contributed by atoms with Crippen molar-refractivity contribution in [1.82, 2.24) is 24.7 Å². The molecular weight excluding hydrogens is 582 g/mol. The van der Waals surface area contributed by atoms with Crippen LogP contribution in [0, 0.1) is 11.6 Å². The number of amides is 1. The lowest BCUT2D eigenvalue weighted by Gasteiger charge is -2.08. The average molecular weight is 603 g/mol. The van der Waals surface area contributed by atoms with E-state index in [1.807, 2.05) is 5.32 Å². The van der Waals surface area contributed by atoms with Crippen LogP contribution in [0.15, 0.2) is 36.5 Å². The van der Waals surface area contributed by atoms with Crippen LogP contribution in [0.4, 0.5) is 30.9 Å². The molecule has 0 saturated heterocycles. The summed E-state index contributed by atoms with van der Waals surface area (Å²) in [6.45, 7) is 0.0193. The largest absolute Gasteiger partial charge is 0.465 e. The van der Waals surface area contributed by atoms with Gasteiger partial charge < -0.3 is 16.6 Å². The highest BCUT2D eigenvalue weighted by molar-refractivity contribution is 7.89. The molecule has 0 aliphatic rings. The molecule has 16 nitrogen and oxygen atoms in total. The summed E-state index contributed by atoms with van der Waals surface area (Å²) in [6.07, 6.45) is -0.384. The number of carboxylic acid groups (broad SMARTS) is 1. The fraction of sp³-hybridized carbons (Fsp3) is 0.150. The molecule has 0 fully saturated rings. The Morgan fingerprint density at radius 3 is 2.10 bits per heavy atom. The maximum absolute atomic E-state index is 14.1. The third kappa shape index (κ3) is 7.99. The Bertz CT molecular complexity index is 1740. The summed E-state index contributed by atoms with van der Waals surface area (Å²) in [5.74, 6) is -3.55. The number of hydrogen-bond acceptors (Lipinski definition) is 11. The van der Waals surface area contributed by atoms with Gasteiger partial charge in [-0.25, -0.2) is 33.2 Å². The van der Waals surface area contributed by atoms with Gasteiger partial charge in [-0.2, -0.15) is 21.9 Å². The van der Waals surface area contributed by atoms with Crippen LogP contribution in [0.25, 0.3) is 22.6 Å². The molecule has 4 aromatic rings. The maximum Gasteiger partial charge on any atom is 0.409 e. The first-order valence-electron chi connectivity index (χ1n) is 10.6. The number of pyridine rings is 1. The lowest BCUT2D eigenvalue weighted by molar-refractivity contribution is 0.209. The minimum atomic E-state index is -4.30. The number of nitrogen functional groups attached to an aromatic ring is 2. The predicted octanol–water partition coefficient (Wildman–Crippen LogP) is 1.23. The number of nitrogens with zero attached hydrogens (tertiary/aromatic N) is 5. The van der Waals surface area contributed by atoms with Crippen LogP contribution in [-0.4, -0.2) is 73.4 Å². The van der Waals surface area contributed by atoms with Crippen molar-refractivity contribution in [1.29, 1.82) is 0 Å². The first-order chi connectivity index (χ1) is 18.5. The van der Waals surface area contributed by atoms with Gasteiger partial charge in [0.1, 0.15) is 23.0 Å². The van der Waals surface area contributed by atoms with E-state index in [4.69, 9.17) is 25.7 Å². The zero-order chi connectivity index (χ0) is 29.8. The van der Waals surface area contributed by atoms with E-state index in [0.717, 1.165) is 6.20 Å². The second kappa shape index (κ2) is 11.7. The number of nitrogens with two attached hydrogens (primary N) is 2. The second-order valence-corrected chi connectivity index (χ2v) is 11.0. The molecule has 0 radical (unpaired) electrons. The summed E-state index contributed by atoms with van der Waals surface area (Å²) in [5.41, 5.74) is 12.1.